The molecule has 1 aliphatic heterocycles. The van der Waals surface area contributed by atoms with E-state index in [0.29, 0.717) is 6.04 Å². The van der Waals surface area contributed by atoms with Crippen LogP contribution in [0.15, 0.2) is 22.7 Å². The quantitative estimate of drug-likeness (QED) is 0.886. The fourth-order valence-electron chi connectivity index (χ4n) is 3.16. The maximum absolute atomic E-state index is 3.81. The summed E-state index contributed by atoms with van der Waals surface area (Å²) in [5, 5.41) is 4.68. The van der Waals surface area contributed by atoms with Crippen molar-refractivity contribution in [2.45, 2.75) is 49.8 Å². The minimum absolute atomic E-state index is 0.691. The molecule has 0 amide bonds. The Labute approximate surface area is 129 Å². The van der Waals surface area contributed by atoms with Gasteiger partial charge in [-0.05, 0) is 61.1 Å². The van der Waals surface area contributed by atoms with E-state index >= 15 is 0 Å². The summed E-state index contributed by atoms with van der Waals surface area (Å²) >= 11 is 5.74. The fraction of sp³-hybridized carbons (Fsp3) is 0.625. The monoisotopic (exact) mass is 339 g/mol. The molecule has 2 atom stereocenters. The second kappa shape index (κ2) is 6.64. The summed E-state index contributed by atoms with van der Waals surface area (Å²) in [5.74, 6) is 1.37. The summed E-state index contributed by atoms with van der Waals surface area (Å²) in [4.78, 5) is 0. The summed E-state index contributed by atoms with van der Waals surface area (Å²) in [7, 11) is 0. The van der Waals surface area contributed by atoms with Crippen LogP contribution in [0.5, 0.6) is 0 Å². The molecule has 19 heavy (non-hydrogen) atoms. The molecule has 0 spiro atoms. The Morgan fingerprint density at radius 2 is 2.16 bits per heavy atom. The number of fused-ring (bicyclic) bond motifs is 1. The van der Waals surface area contributed by atoms with Gasteiger partial charge in [-0.3, -0.25) is 0 Å². The van der Waals surface area contributed by atoms with E-state index in [9.17, 15) is 0 Å². The molecule has 0 aromatic heterocycles. The third kappa shape index (κ3) is 3.77. The Bertz CT molecular complexity index is 429. The molecule has 0 saturated carbocycles. The number of halogens is 1. The van der Waals surface area contributed by atoms with E-state index in [0.717, 1.165) is 5.25 Å². The third-order valence-corrected chi connectivity index (χ3v) is 6.20. The highest BCUT2D eigenvalue weighted by atomic mass is 79.9. The number of hydrogen-bond acceptors (Lipinski definition) is 2. The maximum atomic E-state index is 3.81. The molecule has 0 bridgehead atoms. The van der Waals surface area contributed by atoms with Crippen LogP contribution in [0.2, 0.25) is 0 Å². The molecule has 1 aromatic rings. The normalized spacial score (nSPS) is 27.0. The average molecular weight is 340 g/mol. The molecule has 1 heterocycles. The molecule has 1 nitrogen and oxygen atoms in total. The first-order valence-electron chi connectivity index (χ1n) is 7.43. The molecule has 3 heteroatoms. The lowest BCUT2D eigenvalue weighted by Crippen LogP contribution is -2.39. The fourth-order valence-corrected chi connectivity index (χ4v) is 4.82. The van der Waals surface area contributed by atoms with Crippen LogP contribution in [0.3, 0.4) is 0 Å². The number of rotatable bonds is 3. The molecule has 1 fully saturated rings. The summed E-state index contributed by atoms with van der Waals surface area (Å²) in [6.45, 7) is 1.21. The average Bonchev–Trinajstić information content (AvgIpc) is 2.46. The Morgan fingerprint density at radius 3 is 3.00 bits per heavy atom. The van der Waals surface area contributed by atoms with E-state index < -0.39 is 0 Å². The van der Waals surface area contributed by atoms with Crippen LogP contribution >= 0.6 is 27.7 Å². The zero-order valence-electron chi connectivity index (χ0n) is 11.3. The van der Waals surface area contributed by atoms with E-state index in [1.807, 2.05) is 0 Å². The van der Waals surface area contributed by atoms with Gasteiger partial charge in [0, 0.05) is 22.3 Å². The van der Waals surface area contributed by atoms with Crippen molar-refractivity contribution in [1.82, 2.24) is 5.32 Å². The molecule has 1 aliphatic carbocycles. The lowest BCUT2D eigenvalue weighted by Gasteiger charge is -2.29. The number of hydrogen-bond donors (Lipinski definition) is 1. The molecule has 3 rings (SSSR count). The molecule has 1 aromatic carbocycles. The van der Waals surface area contributed by atoms with Crippen molar-refractivity contribution >= 4 is 27.7 Å². The largest absolute Gasteiger partial charge is 0.313 e. The second-order valence-electron chi connectivity index (χ2n) is 5.75. The first-order chi connectivity index (χ1) is 9.31. The Morgan fingerprint density at radius 1 is 1.21 bits per heavy atom. The van der Waals surface area contributed by atoms with Crippen molar-refractivity contribution in [3.8, 4) is 0 Å². The Hall–Kier alpha value is 0.01000. The van der Waals surface area contributed by atoms with Crippen molar-refractivity contribution in [3.63, 3.8) is 0 Å². The van der Waals surface area contributed by atoms with Gasteiger partial charge in [0.05, 0.1) is 0 Å². The predicted octanol–water partition coefficient (Wildman–Crippen LogP) is 4.18. The van der Waals surface area contributed by atoms with Crippen LogP contribution in [0, 0.1) is 0 Å². The van der Waals surface area contributed by atoms with Gasteiger partial charge in [-0.1, -0.05) is 28.4 Å². The smallest absolute Gasteiger partial charge is 0.0178 e. The van der Waals surface area contributed by atoms with Crippen LogP contribution in [0.4, 0.5) is 0 Å². The number of benzene rings is 1. The molecular weight excluding hydrogens is 318 g/mol. The van der Waals surface area contributed by atoms with Crippen molar-refractivity contribution in [2.24, 2.45) is 0 Å². The third-order valence-electron chi connectivity index (χ3n) is 4.30. The summed E-state index contributed by atoms with van der Waals surface area (Å²) < 4.78 is 1.22. The molecule has 104 valence electrons. The highest BCUT2D eigenvalue weighted by molar-refractivity contribution is 9.10. The van der Waals surface area contributed by atoms with E-state index in [4.69, 9.17) is 0 Å². The highest BCUT2D eigenvalue weighted by Gasteiger charge is 2.20. The molecule has 1 saturated heterocycles. The SMILES string of the molecule is Brc1ccc2c(c1)CCC(NCC1CCCCS1)C2. The van der Waals surface area contributed by atoms with Crippen molar-refractivity contribution in [3.05, 3.63) is 33.8 Å². The molecular formula is C16H22BrNS. The first-order valence-corrected chi connectivity index (χ1v) is 9.28. The maximum Gasteiger partial charge on any atom is 0.0178 e. The van der Waals surface area contributed by atoms with Crippen molar-refractivity contribution in [1.29, 1.82) is 0 Å². The summed E-state index contributed by atoms with van der Waals surface area (Å²) in [6.07, 6.45) is 7.99. The van der Waals surface area contributed by atoms with Gasteiger partial charge >= 0.3 is 0 Å². The van der Waals surface area contributed by atoms with Gasteiger partial charge in [0.2, 0.25) is 0 Å². The standard InChI is InChI=1S/C16H22BrNS/c17-14-6-4-13-10-15(7-5-12(13)9-14)18-11-16-3-1-2-8-19-16/h4,6,9,15-16,18H,1-3,5,7-8,10-11H2. The number of thioether (sulfide) groups is 1. The van der Waals surface area contributed by atoms with Gasteiger partial charge in [-0.25, -0.2) is 0 Å². The van der Waals surface area contributed by atoms with Crippen LogP contribution in [0.25, 0.3) is 0 Å². The minimum atomic E-state index is 0.691. The molecule has 2 aliphatic rings. The van der Waals surface area contributed by atoms with Gasteiger partial charge in [-0.15, -0.1) is 0 Å². The summed E-state index contributed by atoms with van der Waals surface area (Å²) in [5.41, 5.74) is 3.09. The number of aryl methyl sites for hydroxylation is 1. The predicted molar refractivity (Wildman–Crippen MR) is 88.1 cm³/mol. The lowest BCUT2D eigenvalue weighted by atomic mass is 9.88. The number of nitrogens with one attached hydrogen (secondary N) is 1. The minimum Gasteiger partial charge on any atom is -0.313 e. The Balaban J connectivity index is 1.52. The van der Waals surface area contributed by atoms with Gasteiger partial charge < -0.3 is 5.32 Å². The zero-order valence-corrected chi connectivity index (χ0v) is 13.7. The van der Waals surface area contributed by atoms with Gasteiger partial charge in [-0.2, -0.15) is 11.8 Å². The highest BCUT2D eigenvalue weighted by Crippen LogP contribution is 2.27. The molecule has 0 radical (unpaired) electrons. The van der Waals surface area contributed by atoms with Crippen LogP contribution in [-0.2, 0) is 12.8 Å². The van der Waals surface area contributed by atoms with Crippen molar-refractivity contribution < 1.29 is 0 Å². The van der Waals surface area contributed by atoms with E-state index in [1.165, 1.54) is 55.3 Å². The molecule has 2 unspecified atom stereocenters. The zero-order chi connectivity index (χ0) is 13.1. The van der Waals surface area contributed by atoms with E-state index in [2.05, 4.69) is 51.2 Å². The lowest BCUT2D eigenvalue weighted by molar-refractivity contribution is 0.450. The van der Waals surface area contributed by atoms with Crippen LogP contribution in [-0.4, -0.2) is 23.6 Å². The van der Waals surface area contributed by atoms with E-state index in [1.54, 1.807) is 11.1 Å². The van der Waals surface area contributed by atoms with Gasteiger partial charge in [0.1, 0.15) is 0 Å². The van der Waals surface area contributed by atoms with Gasteiger partial charge in [0.15, 0.2) is 0 Å². The topological polar surface area (TPSA) is 12.0 Å². The van der Waals surface area contributed by atoms with E-state index in [-0.39, 0.29) is 0 Å². The summed E-state index contributed by atoms with van der Waals surface area (Å²) in [6, 6.07) is 7.46. The molecule has 1 N–H and O–H groups in total. The van der Waals surface area contributed by atoms with Crippen LogP contribution in [0.1, 0.15) is 36.8 Å². The van der Waals surface area contributed by atoms with Crippen molar-refractivity contribution in [2.75, 3.05) is 12.3 Å². The first kappa shape index (κ1) is 14.0. The van der Waals surface area contributed by atoms with Gasteiger partial charge in [0.25, 0.3) is 0 Å². The second-order valence-corrected chi connectivity index (χ2v) is 8.07. The van der Waals surface area contributed by atoms with Crippen LogP contribution < -0.4 is 5.32 Å². The Kier molecular flexibility index (Phi) is 4.88.